The topological polar surface area (TPSA) is 110 Å². The first-order valence-electron chi connectivity index (χ1n) is 10.1. The van der Waals surface area contributed by atoms with Gasteiger partial charge in [-0.1, -0.05) is 41.9 Å². The van der Waals surface area contributed by atoms with Crippen molar-refractivity contribution in [3.8, 4) is 0 Å². The molecule has 2 aromatic carbocycles. The molecule has 168 valence electrons. The van der Waals surface area contributed by atoms with E-state index < -0.39 is 28.4 Å². The fraction of sp³-hybridized carbons (Fsp3) is 0.304. The summed E-state index contributed by atoms with van der Waals surface area (Å²) in [6.45, 7) is 4.39. The minimum atomic E-state index is -0.929. The number of ketones is 1. The lowest BCUT2D eigenvalue weighted by molar-refractivity contribution is -0.384. The Bertz CT molecular complexity index is 1080. The summed E-state index contributed by atoms with van der Waals surface area (Å²) in [7, 11) is 0. The van der Waals surface area contributed by atoms with Gasteiger partial charge in [-0.3, -0.25) is 19.7 Å². The highest BCUT2D eigenvalue weighted by atomic mass is 35.5. The molecule has 0 aliphatic carbocycles. The maximum atomic E-state index is 13.0. The van der Waals surface area contributed by atoms with Gasteiger partial charge >= 0.3 is 0 Å². The summed E-state index contributed by atoms with van der Waals surface area (Å²) >= 11 is 6.38. The van der Waals surface area contributed by atoms with Crippen molar-refractivity contribution in [1.82, 2.24) is 4.90 Å². The third-order valence-corrected chi connectivity index (χ3v) is 5.41. The summed E-state index contributed by atoms with van der Waals surface area (Å²) in [5.74, 6) is -2.13. The summed E-state index contributed by atoms with van der Waals surface area (Å²) in [6.07, 6.45) is 0.502. The smallest absolute Gasteiger partial charge is 0.295 e. The fourth-order valence-corrected chi connectivity index (χ4v) is 3.85. The Balaban J connectivity index is 2.08. The van der Waals surface area contributed by atoms with Crippen LogP contribution in [0.2, 0.25) is 5.02 Å². The summed E-state index contributed by atoms with van der Waals surface area (Å²) in [6, 6.07) is 11.1. The predicted molar refractivity (Wildman–Crippen MR) is 119 cm³/mol. The van der Waals surface area contributed by atoms with E-state index in [1.165, 1.54) is 23.1 Å². The molecule has 1 heterocycles. The van der Waals surface area contributed by atoms with Gasteiger partial charge in [0.15, 0.2) is 0 Å². The first kappa shape index (κ1) is 23.4. The van der Waals surface area contributed by atoms with E-state index in [9.17, 15) is 24.8 Å². The van der Waals surface area contributed by atoms with Crippen molar-refractivity contribution >= 4 is 34.7 Å². The lowest BCUT2D eigenvalue weighted by Crippen LogP contribution is -2.31. The molecule has 0 aromatic heterocycles. The van der Waals surface area contributed by atoms with Crippen LogP contribution < -0.4 is 0 Å². The van der Waals surface area contributed by atoms with Gasteiger partial charge in [0.05, 0.1) is 22.6 Å². The van der Waals surface area contributed by atoms with E-state index in [0.29, 0.717) is 23.6 Å². The van der Waals surface area contributed by atoms with Gasteiger partial charge in [0.25, 0.3) is 17.4 Å². The van der Waals surface area contributed by atoms with Crippen molar-refractivity contribution in [1.29, 1.82) is 0 Å². The number of carbonyl (C=O) groups is 2. The number of nitro benzene ring substituents is 1. The van der Waals surface area contributed by atoms with Gasteiger partial charge in [-0.05, 0) is 31.9 Å². The number of Topliss-reactive ketones (excluding diaryl/α,β-unsaturated/α-hetero) is 1. The number of rotatable bonds is 8. The molecule has 1 aliphatic rings. The Morgan fingerprint density at radius 3 is 2.59 bits per heavy atom. The molecule has 32 heavy (non-hydrogen) atoms. The molecule has 1 aliphatic heterocycles. The predicted octanol–water partition coefficient (Wildman–Crippen LogP) is 4.49. The van der Waals surface area contributed by atoms with Crippen molar-refractivity contribution < 1.29 is 24.4 Å². The van der Waals surface area contributed by atoms with E-state index in [2.05, 4.69) is 0 Å². The monoisotopic (exact) mass is 458 g/mol. The van der Waals surface area contributed by atoms with Crippen LogP contribution in [-0.2, 0) is 14.3 Å². The van der Waals surface area contributed by atoms with E-state index >= 15 is 0 Å². The van der Waals surface area contributed by atoms with E-state index in [1.54, 1.807) is 24.3 Å². The lowest BCUT2D eigenvalue weighted by Gasteiger charge is -2.26. The molecule has 1 atom stereocenters. The third-order valence-electron chi connectivity index (χ3n) is 5.06. The maximum Gasteiger partial charge on any atom is 0.295 e. The molecule has 1 N–H and O–H groups in total. The lowest BCUT2D eigenvalue weighted by atomic mass is 9.95. The van der Waals surface area contributed by atoms with Crippen molar-refractivity contribution in [3.63, 3.8) is 0 Å². The number of amides is 1. The van der Waals surface area contributed by atoms with Gasteiger partial charge < -0.3 is 14.7 Å². The van der Waals surface area contributed by atoms with Crippen molar-refractivity contribution in [2.75, 3.05) is 13.2 Å². The molecule has 3 rings (SSSR count). The molecule has 1 amide bonds. The minimum absolute atomic E-state index is 0.0265. The molecule has 0 radical (unpaired) electrons. The number of carbonyl (C=O) groups excluding carboxylic acids is 2. The molecule has 8 nitrogen and oxygen atoms in total. The molecule has 0 bridgehead atoms. The average Bonchev–Trinajstić information content (AvgIpc) is 3.01. The highest BCUT2D eigenvalue weighted by Gasteiger charge is 2.46. The Kier molecular flexibility index (Phi) is 7.27. The molecule has 2 aromatic rings. The number of ether oxygens (including phenoxy) is 1. The summed E-state index contributed by atoms with van der Waals surface area (Å²) in [5, 5.41) is 22.5. The number of nitrogens with zero attached hydrogens (tertiary/aromatic N) is 2. The highest BCUT2D eigenvalue weighted by Crippen LogP contribution is 2.42. The number of benzene rings is 2. The third kappa shape index (κ3) is 4.81. The quantitative estimate of drug-likeness (QED) is 0.156. The minimum Gasteiger partial charge on any atom is -0.507 e. The second kappa shape index (κ2) is 9.93. The molecular formula is C23H23ClN2O6. The Morgan fingerprint density at radius 2 is 1.94 bits per heavy atom. The molecule has 0 unspecified atom stereocenters. The Hall–Kier alpha value is -3.23. The first-order valence-corrected chi connectivity index (χ1v) is 10.5. The molecule has 0 spiro atoms. The van der Waals surface area contributed by atoms with E-state index in [4.69, 9.17) is 16.3 Å². The van der Waals surface area contributed by atoms with Gasteiger partial charge in [0, 0.05) is 35.9 Å². The van der Waals surface area contributed by atoms with E-state index in [1.807, 2.05) is 13.8 Å². The summed E-state index contributed by atoms with van der Waals surface area (Å²) < 4.78 is 5.53. The standard InChI is InChI=1S/C23H23ClN2O6/c1-14(2)32-12-6-11-25-20(17-9-3-4-10-18(17)24)19(22(28)23(25)29)21(27)15-7-5-8-16(13-15)26(30)31/h3-5,7-10,13-14,20,27H,6,11-12H2,1-2H3/t20-/m1/s1. The van der Waals surface area contributed by atoms with E-state index in [-0.39, 0.29) is 29.5 Å². The van der Waals surface area contributed by atoms with Crippen LogP contribution in [0.25, 0.3) is 5.76 Å². The van der Waals surface area contributed by atoms with Crippen molar-refractivity contribution in [2.24, 2.45) is 0 Å². The summed E-state index contributed by atoms with van der Waals surface area (Å²) in [5.41, 5.74) is 0.138. The number of halogens is 1. The molecule has 1 saturated heterocycles. The number of aliphatic hydroxyl groups excluding tert-OH is 1. The average molecular weight is 459 g/mol. The fourth-order valence-electron chi connectivity index (χ4n) is 3.61. The number of aliphatic hydroxyl groups is 1. The second-order valence-corrected chi connectivity index (χ2v) is 8.00. The Morgan fingerprint density at radius 1 is 1.22 bits per heavy atom. The van der Waals surface area contributed by atoms with Crippen LogP contribution in [0.3, 0.4) is 0 Å². The molecule has 0 saturated carbocycles. The van der Waals surface area contributed by atoms with Gasteiger partial charge in [-0.15, -0.1) is 0 Å². The van der Waals surface area contributed by atoms with Crippen molar-refractivity contribution in [2.45, 2.75) is 32.4 Å². The van der Waals surface area contributed by atoms with Gasteiger partial charge in [-0.2, -0.15) is 0 Å². The molecule has 9 heteroatoms. The maximum absolute atomic E-state index is 13.0. The Labute approximate surface area is 190 Å². The zero-order valence-corrected chi connectivity index (χ0v) is 18.4. The number of hydrogen-bond acceptors (Lipinski definition) is 6. The number of hydrogen-bond donors (Lipinski definition) is 1. The number of non-ortho nitro benzene ring substituents is 1. The van der Waals surface area contributed by atoms with Crippen LogP contribution in [0.5, 0.6) is 0 Å². The largest absolute Gasteiger partial charge is 0.507 e. The van der Waals surface area contributed by atoms with Crippen LogP contribution in [-0.4, -0.2) is 45.9 Å². The van der Waals surface area contributed by atoms with Crippen LogP contribution in [0.15, 0.2) is 54.1 Å². The van der Waals surface area contributed by atoms with Crippen LogP contribution >= 0.6 is 11.6 Å². The zero-order valence-electron chi connectivity index (χ0n) is 17.7. The number of likely N-dealkylation sites (tertiary alicyclic amines) is 1. The van der Waals surface area contributed by atoms with Crippen LogP contribution in [0.4, 0.5) is 5.69 Å². The van der Waals surface area contributed by atoms with Crippen molar-refractivity contribution in [3.05, 3.63) is 80.4 Å². The first-order chi connectivity index (χ1) is 15.2. The normalized spacial score (nSPS) is 17.9. The molecule has 1 fully saturated rings. The highest BCUT2D eigenvalue weighted by molar-refractivity contribution is 6.47. The second-order valence-electron chi connectivity index (χ2n) is 7.59. The SMILES string of the molecule is CC(C)OCCCN1C(=O)C(=O)C(=C(O)c2cccc([N+](=O)[O-])c2)[C@H]1c1ccccc1Cl. The number of nitro groups is 1. The van der Waals surface area contributed by atoms with Gasteiger partial charge in [0.2, 0.25) is 0 Å². The van der Waals surface area contributed by atoms with Gasteiger partial charge in [0.1, 0.15) is 5.76 Å². The molecular weight excluding hydrogens is 436 g/mol. The van der Waals surface area contributed by atoms with Crippen LogP contribution in [0, 0.1) is 10.1 Å². The van der Waals surface area contributed by atoms with Gasteiger partial charge in [-0.25, -0.2) is 0 Å². The summed E-state index contributed by atoms with van der Waals surface area (Å²) in [4.78, 5) is 37.8. The van der Waals surface area contributed by atoms with E-state index in [0.717, 1.165) is 6.07 Å². The zero-order chi connectivity index (χ0) is 23.4. The van der Waals surface area contributed by atoms with Crippen LogP contribution in [0.1, 0.15) is 37.4 Å².